The normalized spacial score (nSPS) is 12.5. The summed E-state index contributed by atoms with van der Waals surface area (Å²) in [7, 11) is 0. The topological polar surface area (TPSA) is 83.8 Å². The highest BCUT2D eigenvalue weighted by molar-refractivity contribution is 5.93. The lowest BCUT2D eigenvalue weighted by molar-refractivity contribution is -0.164. The van der Waals surface area contributed by atoms with Crippen molar-refractivity contribution < 1.29 is 24.5 Å². The summed E-state index contributed by atoms with van der Waals surface area (Å²) in [6.07, 6.45) is 16.0. The van der Waals surface area contributed by atoms with Crippen LogP contribution < -0.4 is 0 Å². The molecule has 5 nitrogen and oxygen atoms in total. The molecule has 5 heteroatoms. The van der Waals surface area contributed by atoms with Crippen LogP contribution in [0.4, 0.5) is 0 Å². The molecule has 0 heterocycles. The number of unbranched alkanes of at least 4 members (excludes halogenated alkanes) is 11. The summed E-state index contributed by atoms with van der Waals surface area (Å²) in [6.45, 7) is 1.48. The van der Waals surface area contributed by atoms with Gasteiger partial charge in [-0.1, -0.05) is 77.2 Å². The average Bonchev–Trinajstić information content (AvgIpc) is 2.58. The van der Waals surface area contributed by atoms with Gasteiger partial charge in [0.05, 0.1) is 6.61 Å². The molecule has 0 saturated carbocycles. The Hall–Kier alpha value is -1.20. The molecule has 0 aliphatic heterocycles. The van der Waals surface area contributed by atoms with Crippen LogP contribution in [0.25, 0.3) is 0 Å². The summed E-state index contributed by atoms with van der Waals surface area (Å²) in [5, 5.41) is 17.5. The van der Waals surface area contributed by atoms with Crippen molar-refractivity contribution in [3.8, 4) is 0 Å². The van der Waals surface area contributed by atoms with E-state index in [-0.39, 0.29) is 0 Å². The van der Waals surface area contributed by atoms with Gasteiger partial charge in [0.25, 0.3) is 0 Å². The van der Waals surface area contributed by atoms with E-state index >= 15 is 0 Å². The highest BCUT2D eigenvalue weighted by Gasteiger charge is 2.17. The summed E-state index contributed by atoms with van der Waals surface area (Å²) < 4.78 is 4.34. The van der Waals surface area contributed by atoms with Crippen LogP contribution in [0.5, 0.6) is 0 Å². The Morgan fingerprint density at radius 1 is 0.917 bits per heavy atom. The lowest BCUT2D eigenvalue weighted by Gasteiger charge is -2.04. The molecule has 0 fully saturated rings. The van der Waals surface area contributed by atoms with Gasteiger partial charge in [0, 0.05) is 6.08 Å². The van der Waals surface area contributed by atoms with Gasteiger partial charge in [-0.05, 0) is 12.8 Å². The highest BCUT2D eigenvalue weighted by atomic mass is 16.6. The Labute approximate surface area is 146 Å². The molecule has 0 aromatic rings. The van der Waals surface area contributed by atoms with Gasteiger partial charge in [-0.25, -0.2) is 9.59 Å². The van der Waals surface area contributed by atoms with Crippen LogP contribution in [0.2, 0.25) is 0 Å². The van der Waals surface area contributed by atoms with Crippen LogP contribution in [-0.2, 0) is 14.3 Å². The zero-order valence-corrected chi connectivity index (χ0v) is 15.0. The molecule has 0 aromatic heterocycles. The van der Waals surface area contributed by atoms with Crippen molar-refractivity contribution in [2.45, 2.75) is 90.1 Å². The van der Waals surface area contributed by atoms with Gasteiger partial charge in [-0.15, -0.1) is 0 Å². The third kappa shape index (κ3) is 14.4. The number of hydrogen-bond donors (Lipinski definition) is 2. The van der Waals surface area contributed by atoms with E-state index in [9.17, 15) is 9.59 Å². The maximum atomic E-state index is 11.3. The van der Waals surface area contributed by atoms with E-state index in [1.54, 1.807) is 6.08 Å². The lowest BCUT2D eigenvalue weighted by atomic mass is 10.1. The Bertz CT molecular complexity index is 352. The number of rotatable bonds is 15. The molecule has 0 aliphatic rings. The Kier molecular flexibility index (Phi) is 15.8. The van der Waals surface area contributed by atoms with E-state index < -0.39 is 24.6 Å². The summed E-state index contributed by atoms with van der Waals surface area (Å²) in [4.78, 5) is 22.3. The number of aliphatic hydroxyl groups is 2. The molecule has 0 radical (unpaired) electrons. The van der Waals surface area contributed by atoms with Crippen molar-refractivity contribution in [3.63, 3.8) is 0 Å². The minimum absolute atomic E-state index is 0.755. The Morgan fingerprint density at radius 2 is 1.42 bits per heavy atom. The van der Waals surface area contributed by atoms with E-state index in [0.717, 1.165) is 19.3 Å². The fraction of sp³-hybridized carbons (Fsp3) is 0.789. The van der Waals surface area contributed by atoms with Gasteiger partial charge in [0.1, 0.15) is 0 Å². The predicted molar refractivity (Wildman–Crippen MR) is 94.4 cm³/mol. The van der Waals surface area contributed by atoms with Gasteiger partial charge >= 0.3 is 11.9 Å². The maximum absolute atomic E-state index is 11.3. The first-order valence-electron chi connectivity index (χ1n) is 9.33. The molecule has 1 unspecified atom stereocenters. The molecular formula is C19H34O5. The Balaban J connectivity index is 3.40. The number of carbonyl (C=O) groups excluding carboxylic acids is 2. The molecule has 24 heavy (non-hydrogen) atoms. The third-order valence-electron chi connectivity index (χ3n) is 3.87. The SMILES string of the molecule is CCCCCCCCCCCCC/C=C/C(=O)OC(=O)C(O)CO. The number of carbonyl (C=O) groups is 2. The van der Waals surface area contributed by atoms with E-state index in [1.165, 1.54) is 63.9 Å². The smallest absolute Gasteiger partial charge is 0.345 e. The first-order valence-corrected chi connectivity index (χ1v) is 9.33. The van der Waals surface area contributed by atoms with Crippen LogP contribution >= 0.6 is 0 Å². The van der Waals surface area contributed by atoms with Gasteiger partial charge in [-0.2, -0.15) is 0 Å². The minimum atomic E-state index is -1.66. The molecule has 2 N–H and O–H groups in total. The Morgan fingerprint density at radius 3 is 1.92 bits per heavy atom. The predicted octanol–water partition coefficient (Wildman–Crippen LogP) is 3.67. The molecule has 0 saturated heterocycles. The molecule has 0 amide bonds. The van der Waals surface area contributed by atoms with Crippen LogP contribution in [0.15, 0.2) is 12.2 Å². The molecule has 1 atom stereocenters. The average molecular weight is 342 g/mol. The number of allylic oxidation sites excluding steroid dienone is 1. The molecule has 0 aromatic carbocycles. The van der Waals surface area contributed by atoms with Crippen molar-refractivity contribution >= 4 is 11.9 Å². The van der Waals surface area contributed by atoms with Gasteiger partial charge in [0.15, 0.2) is 6.10 Å². The quantitative estimate of drug-likeness (QED) is 0.205. The number of aliphatic hydroxyl groups excluding tert-OH is 2. The second kappa shape index (κ2) is 16.7. The maximum Gasteiger partial charge on any atom is 0.345 e. The van der Waals surface area contributed by atoms with Gasteiger partial charge < -0.3 is 14.9 Å². The van der Waals surface area contributed by atoms with Crippen molar-refractivity contribution in [3.05, 3.63) is 12.2 Å². The fourth-order valence-electron chi connectivity index (χ4n) is 2.38. The number of esters is 2. The zero-order valence-electron chi connectivity index (χ0n) is 15.0. The lowest BCUT2D eigenvalue weighted by Crippen LogP contribution is -2.28. The van der Waals surface area contributed by atoms with Crippen LogP contribution in [-0.4, -0.2) is 34.9 Å². The summed E-state index contributed by atoms with van der Waals surface area (Å²) >= 11 is 0. The van der Waals surface area contributed by atoms with Crippen molar-refractivity contribution in [2.24, 2.45) is 0 Å². The van der Waals surface area contributed by atoms with Crippen molar-refractivity contribution in [2.75, 3.05) is 6.61 Å². The van der Waals surface area contributed by atoms with Crippen LogP contribution in [0.3, 0.4) is 0 Å². The third-order valence-corrected chi connectivity index (χ3v) is 3.87. The minimum Gasteiger partial charge on any atom is -0.393 e. The van der Waals surface area contributed by atoms with E-state index in [0.29, 0.717) is 0 Å². The second-order valence-corrected chi connectivity index (χ2v) is 6.17. The summed E-state index contributed by atoms with van der Waals surface area (Å²) in [5.74, 6) is -1.93. The summed E-state index contributed by atoms with van der Waals surface area (Å²) in [5.41, 5.74) is 0. The number of hydrogen-bond acceptors (Lipinski definition) is 5. The molecule has 0 bridgehead atoms. The van der Waals surface area contributed by atoms with Crippen LogP contribution in [0.1, 0.15) is 84.0 Å². The fourth-order valence-corrected chi connectivity index (χ4v) is 2.38. The first kappa shape index (κ1) is 22.8. The molecule has 0 aliphatic carbocycles. The molecular weight excluding hydrogens is 308 g/mol. The first-order chi connectivity index (χ1) is 11.6. The highest BCUT2D eigenvalue weighted by Crippen LogP contribution is 2.12. The van der Waals surface area contributed by atoms with Crippen molar-refractivity contribution in [1.29, 1.82) is 0 Å². The molecule has 140 valence electrons. The molecule has 0 spiro atoms. The second-order valence-electron chi connectivity index (χ2n) is 6.17. The molecule has 0 rings (SSSR count). The number of ether oxygens (including phenoxy) is 1. The van der Waals surface area contributed by atoms with Gasteiger partial charge in [-0.3, -0.25) is 0 Å². The standard InChI is InChI=1S/C19H34O5/c1-2-3-4-5-6-7-8-9-10-11-12-13-14-15-18(22)24-19(23)17(21)16-20/h14-15,17,20-21H,2-13,16H2,1H3/b15-14+. The van der Waals surface area contributed by atoms with Gasteiger partial charge in [0.2, 0.25) is 0 Å². The largest absolute Gasteiger partial charge is 0.393 e. The summed E-state index contributed by atoms with van der Waals surface area (Å²) in [6, 6.07) is 0. The van der Waals surface area contributed by atoms with E-state index in [1.807, 2.05) is 0 Å². The van der Waals surface area contributed by atoms with E-state index in [4.69, 9.17) is 10.2 Å². The van der Waals surface area contributed by atoms with E-state index in [2.05, 4.69) is 11.7 Å². The zero-order chi connectivity index (χ0) is 18.0. The van der Waals surface area contributed by atoms with Crippen LogP contribution in [0, 0.1) is 0 Å². The van der Waals surface area contributed by atoms with Crippen molar-refractivity contribution in [1.82, 2.24) is 0 Å². The monoisotopic (exact) mass is 342 g/mol.